The number of aryl methyl sites for hydroxylation is 1. The van der Waals surface area contributed by atoms with Crippen LogP contribution in [0.5, 0.6) is 5.88 Å². The Morgan fingerprint density at radius 3 is 2.52 bits per heavy atom. The summed E-state index contributed by atoms with van der Waals surface area (Å²) in [5.74, 6) is 1.40. The van der Waals surface area contributed by atoms with Gasteiger partial charge in [0.2, 0.25) is 5.88 Å². The van der Waals surface area contributed by atoms with Gasteiger partial charge < -0.3 is 4.74 Å². The van der Waals surface area contributed by atoms with Gasteiger partial charge in [-0.25, -0.2) is 4.98 Å². The van der Waals surface area contributed by atoms with Crippen LogP contribution in [0.1, 0.15) is 38.6 Å². The summed E-state index contributed by atoms with van der Waals surface area (Å²) >= 11 is 3.41. The SMILES string of the molecule is CC(C)(C)c1nc(Br)cc(OCCCc2ccncc2)n1. The maximum atomic E-state index is 5.75. The molecule has 0 aliphatic carbocycles. The second-order valence-corrected chi connectivity index (χ2v) is 6.72. The van der Waals surface area contributed by atoms with Gasteiger partial charge in [0.05, 0.1) is 6.61 Å². The van der Waals surface area contributed by atoms with E-state index in [-0.39, 0.29) is 5.41 Å². The molecule has 0 bridgehead atoms. The summed E-state index contributed by atoms with van der Waals surface area (Å²) in [5.41, 5.74) is 1.17. The van der Waals surface area contributed by atoms with Gasteiger partial charge in [-0.05, 0) is 46.5 Å². The molecule has 2 heterocycles. The fourth-order valence-electron chi connectivity index (χ4n) is 1.81. The van der Waals surface area contributed by atoms with E-state index in [1.54, 1.807) is 0 Å². The summed E-state index contributed by atoms with van der Waals surface area (Å²) in [7, 11) is 0. The minimum atomic E-state index is -0.0983. The smallest absolute Gasteiger partial charge is 0.217 e. The molecule has 0 aliphatic heterocycles. The molecule has 0 aromatic carbocycles. The Kier molecular flexibility index (Phi) is 5.28. The lowest BCUT2D eigenvalue weighted by molar-refractivity contribution is 0.295. The lowest BCUT2D eigenvalue weighted by Crippen LogP contribution is -2.17. The molecule has 0 spiro atoms. The molecule has 0 aliphatic rings. The number of hydrogen-bond donors (Lipinski definition) is 0. The molecule has 4 nitrogen and oxygen atoms in total. The standard InChI is InChI=1S/C16H20BrN3O/c1-16(2,3)15-19-13(17)11-14(20-15)21-10-4-5-12-6-8-18-9-7-12/h6-9,11H,4-5,10H2,1-3H3. The maximum Gasteiger partial charge on any atom is 0.217 e. The zero-order chi connectivity index (χ0) is 15.3. The van der Waals surface area contributed by atoms with E-state index in [1.165, 1.54) is 5.56 Å². The fraction of sp³-hybridized carbons (Fsp3) is 0.438. The predicted molar refractivity (Wildman–Crippen MR) is 86.5 cm³/mol. The summed E-state index contributed by atoms with van der Waals surface area (Å²) in [6, 6.07) is 5.86. The van der Waals surface area contributed by atoms with Crippen LogP contribution in [-0.2, 0) is 11.8 Å². The van der Waals surface area contributed by atoms with Gasteiger partial charge in [-0.1, -0.05) is 20.8 Å². The molecule has 0 fully saturated rings. The van der Waals surface area contributed by atoms with Gasteiger partial charge in [0.1, 0.15) is 10.4 Å². The highest BCUT2D eigenvalue weighted by Crippen LogP contribution is 2.23. The Hall–Kier alpha value is -1.49. The third kappa shape index (κ3) is 5.08. The molecule has 21 heavy (non-hydrogen) atoms. The van der Waals surface area contributed by atoms with Crippen LogP contribution in [0.2, 0.25) is 0 Å². The van der Waals surface area contributed by atoms with Crippen LogP contribution >= 0.6 is 15.9 Å². The van der Waals surface area contributed by atoms with Crippen molar-refractivity contribution in [2.45, 2.75) is 39.0 Å². The van der Waals surface area contributed by atoms with E-state index < -0.39 is 0 Å². The average Bonchev–Trinajstić information content (AvgIpc) is 2.43. The largest absolute Gasteiger partial charge is 0.478 e. The van der Waals surface area contributed by atoms with Crippen molar-refractivity contribution in [1.29, 1.82) is 0 Å². The van der Waals surface area contributed by atoms with Crippen LogP contribution in [0.15, 0.2) is 35.2 Å². The lowest BCUT2D eigenvalue weighted by atomic mass is 9.96. The minimum absolute atomic E-state index is 0.0983. The molecule has 2 rings (SSSR count). The van der Waals surface area contributed by atoms with Crippen LogP contribution < -0.4 is 4.74 Å². The number of pyridine rings is 1. The van der Waals surface area contributed by atoms with Crippen molar-refractivity contribution in [2.75, 3.05) is 6.61 Å². The number of halogens is 1. The molecule has 0 saturated carbocycles. The van der Waals surface area contributed by atoms with Crippen LogP contribution in [0.3, 0.4) is 0 Å². The number of hydrogen-bond acceptors (Lipinski definition) is 4. The summed E-state index contributed by atoms with van der Waals surface area (Å²) in [5, 5.41) is 0. The van der Waals surface area contributed by atoms with Crippen molar-refractivity contribution < 1.29 is 4.74 Å². The lowest BCUT2D eigenvalue weighted by Gasteiger charge is -2.17. The van der Waals surface area contributed by atoms with E-state index in [0.717, 1.165) is 23.3 Å². The van der Waals surface area contributed by atoms with E-state index in [9.17, 15) is 0 Å². The van der Waals surface area contributed by atoms with E-state index in [0.29, 0.717) is 12.5 Å². The summed E-state index contributed by atoms with van der Waals surface area (Å²) in [4.78, 5) is 12.9. The molecule has 2 aromatic rings. The molecular formula is C16H20BrN3O. The second-order valence-electron chi connectivity index (χ2n) is 5.91. The van der Waals surface area contributed by atoms with Crippen molar-refractivity contribution in [1.82, 2.24) is 15.0 Å². The van der Waals surface area contributed by atoms with Gasteiger partial charge in [0.15, 0.2) is 0 Å². The van der Waals surface area contributed by atoms with Crippen molar-refractivity contribution in [3.05, 3.63) is 46.6 Å². The van der Waals surface area contributed by atoms with Crippen LogP contribution in [0, 0.1) is 0 Å². The van der Waals surface area contributed by atoms with Gasteiger partial charge in [0.25, 0.3) is 0 Å². The third-order valence-corrected chi connectivity index (χ3v) is 3.36. The number of aromatic nitrogens is 3. The Morgan fingerprint density at radius 1 is 1.14 bits per heavy atom. The number of ether oxygens (including phenoxy) is 1. The van der Waals surface area contributed by atoms with Crippen LogP contribution in [-0.4, -0.2) is 21.6 Å². The van der Waals surface area contributed by atoms with Crippen LogP contribution in [0.25, 0.3) is 0 Å². The molecule has 2 aromatic heterocycles. The number of nitrogens with zero attached hydrogens (tertiary/aromatic N) is 3. The molecule has 0 amide bonds. The van der Waals surface area contributed by atoms with Crippen molar-refractivity contribution in [2.24, 2.45) is 0 Å². The Labute approximate surface area is 134 Å². The van der Waals surface area contributed by atoms with Crippen molar-refractivity contribution in [3.8, 4) is 5.88 Å². The highest BCUT2D eigenvalue weighted by molar-refractivity contribution is 9.10. The second kappa shape index (κ2) is 6.98. The molecule has 5 heteroatoms. The first kappa shape index (κ1) is 15.9. The molecular weight excluding hydrogens is 330 g/mol. The predicted octanol–water partition coefficient (Wildman–Crippen LogP) is 3.94. The van der Waals surface area contributed by atoms with Crippen molar-refractivity contribution in [3.63, 3.8) is 0 Å². The zero-order valence-electron chi connectivity index (χ0n) is 12.6. The van der Waals surface area contributed by atoms with E-state index in [2.05, 4.69) is 51.7 Å². The molecule has 0 saturated heterocycles. The fourth-order valence-corrected chi connectivity index (χ4v) is 2.17. The van der Waals surface area contributed by atoms with E-state index >= 15 is 0 Å². The van der Waals surface area contributed by atoms with Gasteiger partial charge in [0, 0.05) is 23.9 Å². The zero-order valence-corrected chi connectivity index (χ0v) is 14.2. The highest BCUT2D eigenvalue weighted by Gasteiger charge is 2.19. The Bertz CT molecular complexity index is 582. The molecule has 112 valence electrons. The van der Waals surface area contributed by atoms with Gasteiger partial charge in [-0.2, -0.15) is 4.98 Å². The highest BCUT2D eigenvalue weighted by atomic mass is 79.9. The molecule has 0 radical (unpaired) electrons. The third-order valence-electron chi connectivity index (χ3n) is 2.95. The topological polar surface area (TPSA) is 47.9 Å². The van der Waals surface area contributed by atoms with E-state index in [1.807, 2.05) is 30.6 Å². The van der Waals surface area contributed by atoms with Gasteiger partial charge in [-0.15, -0.1) is 0 Å². The summed E-state index contributed by atoms with van der Waals surface area (Å²) in [6.45, 7) is 6.89. The van der Waals surface area contributed by atoms with Crippen molar-refractivity contribution >= 4 is 15.9 Å². The van der Waals surface area contributed by atoms with E-state index in [4.69, 9.17) is 4.74 Å². The monoisotopic (exact) mass is 349 g/mol. The first-order valence-corrected chi connectivity index (χ1v) is 7.81. The summed E-state index contributed by atoms with van der Waals surface area (Å²) in [6.07, 6.45) is 5.54. The summed E-state index contributed by atoms with van der Waals surface area (Å²) < 4.78 is 6.50. The maximum absolute atomic E-state index is 5.75. The van der Waals surface area contributed by atoms with Gasteiger partial charge in [-0.3, -0.25) is 4.98 Å². The number of rotatable bonds is 5. The molecule has 0 N–H and O–H groups in total. The molecule has 0 atom stereocenters. The Balaban J connectivity index is 1.90. The first-order valence-electron chi connectivity index (χ1n) is 7.02. The molecule has 0 unspecified atom stereocenters. The van der Waals surface area contributed by atoms with Gasteiger partial charge >= 0.3 is 0 Å². The Morgan fingerprint density at radius 2 is 1.86 bits per heavy atom. The quantitative estimate of drug-likeness (QED) is 0.605. The van der Waals surface area contributed by atoms with Crippen LogP contribution in [0.4, 0.5) is 0 Å². The first-order chi connectivity index (χ1) is 9.95. The minimum Gasteiger partial charge on any atom is -0.478 e. The average molecular weight is 350 g/mol. The normalized spacial score (nSPS) is 11.4.